The number of ether oxygens (including phenoxy) is 1. The van der Waals surface area contributed by atoms with Gasteiger partial charge in [0.1, 0.15) is 23.9 Å². The molecule has 2 aromatic heterocycles. The topological polar surface area (TPSA) is 55.3 Å². The van der Waals surface area contributed by atoms with Crippen molar-refractivity contribution in [2.24, 2.45) is 11.8 Å². The Hall–Kier alpha value is -2.51. The zero-order valence-electron chi connectivity index (χ0n) is 17.8. The number of halogens is 2. The summed E-state index contributed by atoms with van der Waals surface area (Å²) in [6, 6.07) is 7.92. The molecule has 2 bridgehead atoms. The number of pyridine rings is 1. The largest absolute Gasteiger partial charge is 0.491 e. The van der Waals surface area contributed by atoms with Crippen LogP contribution in [0.4, 0.5) is 4.39 Å². The minimum Gasteiger partial charge on any atom is -0.491 e. The molecule has 1 saturated carbocycles. The van der Waals surface area contributed by atoms with E-state index in [-0.39, 0.29) is 23.8 Å². The smallest absolute Gasteiger partial charge is 0.274 e. The van der Waals surface area contributed by atoms with Gasteiger partial charge in [-0.3, -0.25) is 9.78 Å². The van der Waals surface area contributed by atoms with Crippen molar-refractivity contribution in [2.75, 3.05) is 6.61 Å². The van der Waals surface area contributed by atoms with Gasteiger partial charge in [-0.15, -0.1) is 11.3 Å². The lowest BCUT2D eigenvalue weighted by atomic mass is 9.64. The van der Waals surface area contributed by atoms with Crippen molar-refractivity contribution in [3.63, 3.8) is 0 Å². The lowest BCUT2D eigenvalue weighted by Gasteiger charge is -2.57. The van der Waals surface area contributed by atoms with Gasteiger partial charge in [0.2, 0.25) is 0 Å². The molecule has 4 heterocycles. The Bertz CT molecular complexity index is 1150. The van der Waals surface area contributed by atoms with E-state index < -0.39 is 0 Å². The molecule has 2 saturated heterocycles. The van der Waals surface area contributed by atoms with Crippen molar-refractivity contribution in [1.82, 2.24) is 14.9 Å². The van der Waals surface area contributed by atoms with Crippen LogP contribution in [-0.4, -0.2) is 39.5 Å². The summed E-state index contributed by atoms with van der Waals surface area (Å²) in [6.45, 7) is 4.45. The van der Waals surface area contributed by atoms with Crippen LogP contribution in [0.25, 0.3) is 10.4 Å². The van der Waals surface area contributed by atoms with Gasteiger partial charge in [0.25, 0.3) is 5.91 Å². The van der Waals surface area contributed by atoms with E-state index in [9.17, 15) is 9.18 Å². The van der Waals surface area contributed by atoms with Crippen LogP contribution in [0.3, 0.4) is 0 Å². The predicted molar refractivity (Wildman–Crippen MR) is 123 cm³/mol. The molecule has 2 unspecified atom stereocenters. The van der Waals surface area contributed by atoms with E-state index in [1.165, 1.54) is 23.5 Å². The first-order valence-electron chi connectivity index (χ1n) is 10.7. The number of piperidine rings is 2. The third-order valence-electron chi connectivity index (χ3n) is 6.62. The molecule has 8 heteroatoms. The maximum Gasteiger partial charge on any atom is 0.274 e. The third-order valence-corrected chi connectivity index (χ3v) is 7.85. The number of rotatable bonds is 5. The van der Waals surface area contributed by atoms with Crippen molar-refractivity contribution in [1.29, 1.82) is 0 Å². The highest BCUT2D eigenvalue weighted by Crippen LogP contribution is 2.47. The van der Waals surface area contributed by atoms with E-state index >= 15 is 0 Å². The maximum absolute atomic E-state index is 13.9. The summed E-state index contributed by atoms with van der Waals surface area (Å²) in [7, 11) is 0. The fourth-order valence-corrected chi connectivity index (χ4v) is 5.88. The molecule has 5 nitrogen and oxygen atoms in total. The Labute approximate surface area is 195 Å². The Kier molecular flexibility index (Phi) is 5.63. The number of thiazole rings is 1. The average Bonchev–Trinajstić information content (AvgIpc) is 3.14. The van der Waals surface area contributed by atoms with Crippen LogP contribution in [0, 0.1) is 24.6 Å². The van der Waals surface area contributed by atoms with Gasteiger partial charge in [0.15, 0.2) is 0 Å². The van der Waals surface area contributed by atoms with Crippen LogP contribution in [0.15, 0.2) is 42.7 Å². The van der Waals surface area contributed by atoms with E-state index in [1.54, 1.807) is 24.5 Å². The molecule has 1 amide bonds. The van der Waals surface area contributed by atoms with Crippen molar-refractivity contribution >= 4 is 28.8 Å². The van der Waals surface area contributed by atoms with E-state index in [2.05, 4.69) is 16.9 Å². The number of carbonyl (C=O) groups excluding carboxylic acids is 1. The van der Waals surface area contributed by atoms with Gasteiger partial charge >= 0.3 is 0 Å². The first-order chi connectivity index (χ1) is 15.4. The van der Waals surface area contributed by atoms with Gasteiger partial charge in [-0.1, -0.05) is 18.5 Å². The molecule has 3 fully saturated rings. The quantitative estimate of drug-likeness (QED) is 0.484. The minimum atomic E-state index is -0.302. The highest BCUT2D eigenvalue weighted by Gasteiger charge is 2.51. The summed E-state index contributed by atoms with van der Waals surface area (Å²) < 4.78 is 19.2. The van der Waals surface area contributed by atoms with Gasteiger partial charge in [0, 0.05) is 24.0 Å². The van der Waals surface area contributed by atoms with E-state index in [1.807, 2.05) is 17.9 Å². The molecule has 32 heavy (non-hydrogen) atoms. The highest BCUT2D eigenvalue weighted by molar-refractivity contribution is 7.15. The van der Waals surface area contributed by atoms with Gasteiger partial charge in [-0.05, 0) is 61.9 Å². The monoisotopic (exact) mass is 471 g/mol. The number of fused-ring (bicyclic) bond motifs is 2. The number of nitrogens with zero attached hydrogens (tertiary/aromatic N) is 3. The van der Waals surface area contributed by atoms with Crippen LogP contribution in [-0.2, 0) is 0 Å². The third kappa shape index (κ3) is 3.88. The second kappa shape index (κ2) is 8.45. The van der Waals surface area contributed by atoms with Crippen molar-refractivity contribution < 1.29 is 13.9 Å². The Morgan fingerprint density at radius 2 is 2.03 bits per heavy atom. The molecule has 1 aromatic carbocycles. The molecule has 3 aliphatic rings. The average molecular weight is 472 g/mol. The summed E-state index contributed by atoms with van der Waals surface area (Å²) in [5.74, 6) is 1.12. The summed E-state index contributed by atoms with van der Waals surface area (Å²) in [4.78, 5) is 25.4. The molecule has 0 radical (unpaired) electrons. The highest BCUT2D eigenvalue weighted by atomic mass is 35.5. The first kappa shape index (κ1) is 21.3. The lowest BCUT2D eigenvalue weighted by Crippen LogP contribution is -2.64. The number of carbonyl (C=O) groups is 1. The SMILES string of the molecule is Cc1nc(C(=O)N2C3CC(C3)C(C)C2COc2ccc(F)cc2)c(-c2cncc(Cl)c2)s1. The fourth-order valence-electron chi connectivity index (χ4n) is 4.81. The zero-order valence-corrected chi connectivity index (χ0v) is 19.4. The number of hydrogen-bond acceptors (Lipinski definition) is 5. The minimum absolute atomic E-state index is 0.0719. The summed E-state index contributed by atoms with van der Waals surface area (Å²) in [5.41, 5.74) is 1.24. The van der Waals surface area contributed by atoms with Crippen LogP contribution in [0.5, 0.6) is 5.75 Å². The van der Waals surface area contributed by atoms with Crippen molar-refractivity contribution in [3.05, 3.63) is 64.3 Å². The number of aromatic nitrogens is 2. The van der Waals surface area contributed by atoms with Crippen molar-refractivity contribution in [3.8, 4) is 16.2 Å². The molecule has 0 spiro atoms. The second-order valence-electron chi connectivity index (χ2n) is 8.59. The zero-order chi connectivity index (χ0) is 22.4. The molecule has 0 N–H and O–H groups in total. The number of benzene rings is 1. The van der Waals surface area contributed by atoms with Gasteiger partial charge in [-0.2, -0.15) is 0 Å². The first-order valence-corrected chi connectivity index (χ1v) is 11.9. The van der Waals surface area contributed by atoms with Crippen molar-refractivity contribution in [2.45, 2.75) is 38.8 Å². The number of amides is 1. The van der Waals surface area contributed by atoms with E-state index in [0.29, 0.717) is 34.9 Å². The Balaban J connectivity index is 1.44. The van der Waals surface area contributed by atoms with Gasteiger partial charge in [0.05, 0.1) is 20.9 Å². The Morgan fingerprint density at radius 1 is 1.28 bits per heavy atom. The predicted octanol–water partition coefficient (Wildman–Crippen LogP) is 5.62. The summed E-state index contributed by atoms with van der Waals surface area (Å²) >= 11 is 7.62. The summed E-state index contributed by atoms with van der Waals surface area (Å²) in [6.07, 6.45) is 5.31. The normalized spacial score (nSPS) is 24.2. The second-order valence-corrected chi connectivity index (χ2v) is 10.2. The fraction of sp³-hybridized carbons (Fsp3) is 0.375. The molecular weight excluding hydrogens is 449 g/mol. The van der Waals surface area contributed by atoms with Gasteiger partial charge in [-0.25, -0.2) is 9.37 Å². The molecule has 166 valence electrons. The number of hydrogen-bond donors (Lipinski definition) is 0. The van der Waals surface area contributed by atoms with E-state index in [4.69, 9.17) is 16.3 Å². The molecular formula is C24H23ClFN3O2S. The molecule has 2 aliphatic heterocycles. The lowest BCUT2D eigenvalue weighted by molar-refractivity contribution is -0.0672. The Morgan fingerprint density at radius 3 is 2.75 bits per heavy atom. The standard InChI is InChI=1S/C24H23ClFN3O2S/c1-13-15-8-19(9-15)29(21(13)12-31-20-5-3-18(26)4-6-20)24(30)22-23(32-14(2)28-22)16-7-17(25)11-27-10-16/h3-7,10-11,13,15,19,21H,8-9,12H2,1-2H3. The molecule has 2 atom stereocenters. The summed E-state index contributed by atoms with van der Waals surface area (Å²) in [5, 5.41) is 1.34. The van der Waals surface area contributed by atoms with Crippen LogP contribution >= 0.6 is 22.9 Å². The van der Waals surface area contributed by atoms with Crippen LogP contribution in [0.1, 0.15) is 35.3 Å². The van der Waals surface area contributed by atoms with Crippen LogP contribution < -0.4 is 4.74 Å². The molecule has 1 aliphatic carbocycles. The number of aryl methyl sites for hydroxylation is 1. The molecule has 3 aromatic rings. The van der Waals surface area contributed by atoms with Crippen LogP contribution in [0.2, 0.25) is 5.02 Å². The van der Waals surface area contributed by atoms with E-state index in [0.717, 1.165) is 28.3 Å². The molecule has 6 rings (SSSR count). The maximum atomic E-state index is 13.9. The van der Waals surface area contributed by atoms with Gasteiger partial charge < -0.3 is 9.64 Å².